The Balaban J connectivity index is 0. The highest BCUT2D eigenvalue weighted by molar-refractivity contribution is 7.80. The summed E-state index contributed by atoms with van der Waals surface area (Å²) in [6.45, 7) is 7.21. The van der Waals surface area contributed by atoms with E-state index in [0.717, 1.165) is 0 Å². The fraction of sp³-hybridized carbons (Fsp3) is 0.733. The van der Waals surface area contributed by atoms with E-state index in [1.54, 1.807) is 13.8 Å². The van der Waals surface area contributed by atoms with Crippen LogP contribution in [0.4, 0.5) is 83.5 Å². The van der Waals surface area contributed by atoms with Crippen LogP contribution >= 0.6 is 12.2 Å². The lowest BCUT2D eigenvalue weighted by molar-refractivity contribution is -0.455. The Hall–Kier alpha value is -2.23. The summed E-state index contributed by atoms with van der Waals surface area (Å²) in [5.41, 5.74) is 0.451. The van der Waals surface area contributed by atoms with Crippen LogP contribution in [0.5, 0.6) is 0 Å². The monoisotopic (exact) mass is 629 g/mol. The molecule has 0 N–H and O–H groups in total. The third-order valence-electron chi connectivity index (χ3n) is 3.59. The van der Waals surface area contributed by atoms with Crippen LogP contribution in [0.15, 0.2) is 12.2 Å². The summed E-state index contributed by atoms with van der Waals surface area (Å²) in [6, 6.07) is -8.03. The van der Waals surface area contributed by atoms with Crippen molar-refractivity contribution in [3.63, 3.8) is 0 Å². The largest absolute Gasteiger partial charge is 0.463 e. The lowest BCUT2D eigenvalue weighted by Crippen LogP contribution is -2.72. The van der Waals surface area contributed by atoms with Gasteiger partial charge < -0.3 is 4.74 Å². The van der Waals surface area contributed by atoms with Crippen molar-refractivity contribution in [1.29, 1.82) is 0 Å². The van der Waals surface area contributed by atoms with E-state index in [1.165, 1.54) is 0 Å². The number of hydrogen-bond acceptors (Lipinski definition) is 3. The van der Waals surface area contributed by atoms with Crippen molar-refractivity contribution < 1.29 is 93.0 Å². The highest BCUT2D eigenvalue weighted by Gasteiger charge is 2.92. The molecular formula is C15H10F19NO2S. The van der Waals surface area contributed by atoms with Crippen LogP contribution in [0, 0.1) is 0 Å². The van der Waals surface area contributed by atoms with E-state index in [4.69, 9.17) is 0 Å². The second kappa shape index (κ2) is 11.1. The number of nitrogens with zero attached hydrogens (tertiary/aromatic N) is 1. The number of halogens is 19. The van der Waals surface area contributed by atoms with E-state index in [-0.39, 0.29) is 5.97 Å². The molecule has 38 heavy (non-hydrogen) atoms. The van der Waals surface area contributed by atoms with Crippen molar-refractivity contribution >= 4 is 23.2 Å². The zero-order valence-electron chi connectivity index (χ0n) is 17.8. The van der Waals surface area contributed by atoms with Crippen molar-refractivity contribution in [3.05, 3.63) is 12.2 Å². The lowest BCUT2D eigenvalue weighted by Gasteiger charge is -2.41. The van der Waals surface area contributed by atoms with Gasteiger partial charge in [0.15, 0.2) is 4.99 Å². The first-order chi connectivity index (χ1) is 16.2. The maximum Gasteiger partial charge on any atom is 0.460 e. The average Bonchev–Trinajstić information content (AvgIpc) is 2.70. The summed E-state index contributed by atoms with van der Waals surface area (Å²) >= 11 is 2.73. The molecule has 0 fully saturated rings. The maximum atomic E-state index is 13.1. The van der Waals surface area contributed by atoms with E-state index in [2.05, 4.69) is 23.5 Å². The molecule has 0 aliphatic rings. The fourth-order valence-electron chi connectivity index (χ4n) is 1.51. The SMILES string of the molecule is C=C(C)C(=O)OCC.FN(C(=S)C(F)(F)C(F)(F)F)C(F)(F)C(F)(F)C(F)(F)C(F)(F)C(F)(F)C(F)(F)F. The lowest BCUT2D eigenvalue weighted by atomic mass is 9.96. The summed E-state index contributed by atoms with van der Waals surface area (Å²) in [5.74, 6) is -41.2. The Morgan fingerprint density at radius 1 is 0.711 bits per heavy atom. The minimum Gasteiger partial charge on any atom is -0.463 e. The molecule has 0 aliphatic carbocycles. The summed E-state index contributed by atoms with van der Waals surface area (Å²) in [7, 11) is 0. The van der Waals surface area contributed by atoms with Crippen LogP contribution in [-0.2, 0) is 9.53 Å². The molecule has 0 aliphatic heterocycles. The van der Waals surface area contributed by atoms with E-state index < -0.39 is 58.1 Å². The van der Waals surface area contributed by atoms with Crippen molar-refractivity contribution in [2.24, 2.45) is 0 Å². The standard InChI is InChI=1S/C9F19NS.C6H10O2/c10-2(11,7(20,21)22)1(30)29(28)9(26,27)6(18,19)4(14,15)3(12,13)5(16,17)8(23,24)25;1-4-8-6(7)5(2)3/h;2,4H2,1,3H3. The maximum absolute atomic E-state index is 13.1. The molecule has 23 heteroatoms. The minimum absolute atomic E-state index is 0.312. The van der Waals surface area contributed by atoms with Gasteiger partial charge in [-0.1, -0.05) is 23.3 Å². The molecule has 0 atom stereocenters. The van der Waals surface area contributed by atoms with E-state index in [1.807, 2.05) is 0 Å². The van der Waals surface area contributed by atoms with Gasteiger partial charge in [-0.05, 0) is 13.8 Å². The molecular weight excluding hydrogens is 619 g/mol. The summed E-state index contributed by atoms with van der Waals surface area (Å²) in [6.07, 6.45) is -15.0. The molecule has 3 nitrogen and oxygen atoms in total. The van der Waals surface area contributed by atoms with Crippen LogP contribution in [0.25, 0.3) is 0 Å². The van der Waals surface area contributed by atoms with Crippen molar-refractivity contribution in [3.8, 4) is 0 Å². The van der Waals surface area contributed by atoms with E-state index in [9.17, 15) is 88.3 Å². The van der Waals surface area contributed by atoms with Gasteiger partial charge >= 0.3 is 54.0 Å². The third kappa shape index (κ3) is 6.49. The second-order valence-electron chi connectivity index (χ2n) is 6.50. The molecule has 0 heterocycles. The second-order valence-corrected chi connectivity index (χ2v) is 6.88. The van der Waals surface area contributed by atoms with E-state index >= 15 is 0 Å². The first-order valence-electron chi connectivity index (χ1n) is 8.48. The number of thiocarbonyl (C=S) groups is 1. The zero-order chi connectivity index (χ0) is 31.7. The highest BCUT2D eigenvalue weighted by Crippen LogP contribution is 2.61. The molecule has 0 aromatic heterocycles. The van der Waals surface area contributed by atoms with Crippen molar-refractivity contribution in [2.45, 2.75) is 61.9 Å². The smallest absolute Gasteiger partial charge is 0.460 e. The van der Waals surface area contributed by atoms with Gasteiger partial charge in [0.2, 0.25) is 0 Å². The highest BCUT2D eigenvalue weighted by atomic mass is 32.1. The molecule has 0 saturated carbocycles. The van der Waals surface area contributed by atoms with Gasteiger partial charge in [0.25, 0.3) is 0 Å². The summed E-state index contributed by atoms with van der Waals surface area (Å²) in [5, 5.41) is -3.98. The van der Waals surface area contributed by atoms with Crippen molar-refractivity contribution in [1.82, 2.24) is 5.12 Å². The quantitative estimate of drug-likeness (QED) is 0.0695. The number of ether oxygens (including phenoxy) is 1. The Kier molecular flexibility index (Phi) is 11.1. The van der Waals surface area contributed by atoms with Crippen molar-refractivity contribution in [2.75, 3.05) is 6.61 Å². The normalized spacial score (nSPS) is 14.3. The first-order valence-corrected chi connectivity index (χ1v) is 8.89. The molecule has 0 radical (unpaired) electrons. The predicted molar refractivity (Wildman–Crippen MR) is 88.8 cm³/mol. The number of rotatable bonds is 8. The van der Waals surface area contributed by atoms with Crippen LogP contribution in [0.1, 0.15) is 13.8 Å². The molecule has 0 spiro atoms. The van der Waals surface area contributed by atoms with Crippen LogP contribution in [0.2, 0.25) is 0 Å². The van der Waals surface area contributed by atoms with Gasteiger partial charge in [-0.3, -0.25) is 0 Å². The minimum atomic E-state index is -8.62. The van der Waals surface area contributed by atoms with E-state index in [0.29, 0.717) is 12.2 Å². The predicted octanol–water partition coefficient (Wildman–Crippen LogP) is 7.52. The zero-order valence-corrected chi connectivity index (χ0v) is 18.6. The molecule has 0 aromatic carbocycles. The van der Waals surface area contributed by atoms with Crippen LogP contribution in [0.3, 0.4) is 0 Å². The summed E-state index contributed by atoms with van der Waals surface area (Å²) in [4.78, 5) is 6.13. The fourth-order valence-corrected chi connectivity index (χ4v) is 1.74. The van der Waals surface area contributed by atoms with Gasteiger partial charge in [0.1, 0.15) is 0 Å². The molecule has 0 rings (SSSR count). The average molecular weight is 629 g/mol. The topological polar surface area (TPSA) is 29.5 Å². The van der Waals surface area contributed by atoms with Gasteiger partial charge in [-0.25, -0.2) is 4.79 Å². The van der Waals surface area contributed by atoms with Crippen LogP contribution in [-0.4, -0.2) is 70.7 Å². The van der Waals surface area contributed by atoms with Gasteiger partial charge in [-0.2, -0.15) is 79.0 Å². The number of esters is 1. The van der Waals surface area contributed by atoms with Crippen LogP contribution < -0.4 is 0 Å². The molecule has 0 bridgehead atoms. The Morgan fingerprint density at radius 2 is 1.05 bits per heavy atom. The Morgan fingerprint density at radius 3 is 1.29 bits per heavy atom. The Labute approximate surface area is 203 Å². The van der Waals surface area contributed by atoms with Gasteiger partial charge in [0.05, 0.1) is 6.61 Å². The number of carbonyl (C=O) groups is 1. The first kappa shape index (κ1) is 37.9. The number of hydrogen-bond donors (Lipinski definition) is 0. The van der Waals surface area contributed by atoms with Gasteiger partial charge in [-0.15, -0.1) is 5.12 Å². The molecule has 226 valence electrons. The number of carbonyl (C=O) groups excluding carboxylic acids is 1. The number of alkyl halides is 18. The Bertz CT molecular complexity index is 876. The molecule has 0 amide bonds. The molecule has 0 saturated heterocycles. The summed E-state index contributed by atoms with van der Waals surface area (Å²) < 4.78 is 243. The molecule has 0 unspecified atom stereocenters. The van der Waals surface area contributed by atoms with Gasteiger partial charge in [0, 0.05) is 5.57 Å². The molecule has 0 aromatic rings. The third-order valence-corrected chi connectivity index (χ3v) is 4.01.